The van der Waals surface area contributed by atoms with E-state index < -0.39 is 25.9 Å². The van der Waals surface area contributed by atoms with E-state index in [9.17, 15) is 21.4 Å². The highest BCUT2D eigenvalue weighted by Crippen LogP contribution is 2.12. The summed E-state index contributed by atoms with van der Waals surface area (Å²) in [6.45, 7) is 0. The van der Waals surface area contributed by atoms with Crippen LogP contribution in [0.1, 0.15) is 12.0 Å². The number of benzene rings is 1. The van der Waals surface area contributed by atoms with Gasteiger partial charge in [0.2, 0.25) is 10.0 Å². The fraction of sp³-hybridized carbons (Fsp3) is 0.400. The average Bonchev–Trinajstić information content (AvgIpc) is 2.16. The Morgan fingerprint density at radius 1 is 1.11 bits per heavy atom. The lowest BCUT2D eigenvalue weighted by molar-refractivity contribution is 0.461. The minimum atomic E-state index is -4.17. The third kappa shape index (κ3) is 6.58. The van der Waals surface area contributed by atoms with Gasteiger partial charge in [0.1, 0.15) is 0 Å². The Labute approximate surface area is 107 Å². The Morgan fingerprint density at radius 2 is 1.67 bits per heavy atom. The third-order valence-electron chi connectivity index (χ3n) is 2.12. The highest BCUT2D eigenvalue weighted by atomic mass is 32.2. The summed E-state index contributed by atoms with van der Waals surface area (Å²) in [5.41, 5.74) is 1.29. The van der Waals surface area contributed by atoms with Crippen LogP contribution in [0.2, 0.25) is 0 Å². The van der Waals surface area contributed by atoms with Crippen molar-refractivity contribution in [3.05, 3.63) is 29.8 Å². The molecule has 0 unspecified atom stereocenters. The molecule has 0 aliphatic carbocycles. The van der Waals surface area contributed by atoms with E-state index in [0.29, 0.717) is 12.1 Å². The van der Waals surface area contributed by atoms with E-state index in [1.807, 2.05) is 0 Å². The van der Waals surface area contributed by atoms with Gasteiger partial charge in [0, 0.05) is 11.4 Å². The number of rotatable bonds is 6. The van der Waals surface area contributed by atoms with Crippen molar-refractivity contribution in [2.24, 2.45) is 0 Å². The van der Waals surface area contributed by atoms with E-state index in [0.717, 1.165) is 11.8 Å². The smallest absolute Gasteiger partial charge is 0.229 e. The van der Waals surface area contributed by atoms with Crippen molar-refractivity contribution >= 4 is 25.8 Å². The number of nitrogens with one attached hydrogen (secondary N) is 1. The van der Waals surface area contributed by atoms with Crippen molar-refractivity contribution in [2.45, 2.75) is 12.8 Å². The van der Waals surface area contributed by atoms with Crippen LogP contribution in [0.25, 0.3) is 0 Å². The van der Waals surface area contributed by atoms with Gasteiger partial charge in [0.25, 0.3) is 0 Å². The summed E-state index contributed by atoms with van der Waals surface area (Å²) in [4.78, 5) is 0. The second kappa shape index (κ2) is 5.68. The summed E-state index contributed by atoms with van der Waals surface area (Å²) in [6.07, 6.45) is 1.77. The van der Waals surface area contributed by atoms with Crippen molar-refractivity contribution in [2.75, 3.05) is 16.7 Å². The largest absolute Gasteiger partial charge is 0.748 e. The number of aryl methyl sites for hydroxylation is 1. The Hall–Kier alpha value is -1.12. The first-order valence-electron chi connectivity index (χ1n) is 5.16. The molecule has 18 heavy (non-hydrogen) atoms. The molecule has 0 aliphatic rings. The second-order valence-electron chi connectivity index (χ2n) is 3.94. The molecule has 0 bridgehead atoms. The van der Waals surface area contributed by atoms with Crippen LogP contribution in [0.4, 0.5) is 5.69 Å². The maximum atomic E-state index is 11.0. The first kappa shape index (κ1) is 14.9. The molecule has 0 aromatic heterocycles. The lowest BCUT2D eigenvalue weighted by Gasteiger charge is -2.07. The minimum absolute atomic E-state index is 0.255. The summed E-state index contributed by atoms with van der Waals surface area (Å²) >= 11 is 0. The van der Waals surface area contributed by atoms with Crippen LogP contribution in [-0.2, 0) is 26.6 Å². The Morgan fingerprint density at radius 3 is 2.11 bits per heavy atom. The first-order chi connectivity index (χ1) is 8.16. The fourth-order valence-electron chi connectivity index (χ4n) is 1.41. The predicted octanol–water partition coefficient (Wildman–Crippen LogP) is 0.536. The SMILES string of the molecule is CS(=O)(=O)Nc1ccc(CCCS(=O)(=O)[O-])cc1. The van der Waals surface area contributed by atoms with Gasteiger partial charge in [-0.05, 0) is 30.5 Å². The molecule has 0 fully saturated rings. The van der Waals surface area contributed by atoms with Gasteiger partial charge >= 0.3 is 0 Å². The highest BCUT2D eigenvalue weighted by Gasteiger charge is 2.02. The number of hydrogen-bond acceptors (Lipinski definition) is 5. The summed E-state index contributed by atoms with van der Waals surface area (Å²) in [5, 5.41) is 0. The van der Waals surface area contributed by atoms with E-state index in [1.165, 1.54) is 0 Å². The summed E-state index contributed by atoms with van der Waals surface area (Å²) in [5.74, 6) is -0.393. The molecule has 1 aromatic carbocycles. The number of anilines is 1. The van der Waals surface area contributed by atoms with Crippen molar-refractivity contribution in [1.82, 2.24) is 0 Å². The van der Waals surface area contributed by atoms with Gasteiger partial charge in [0.05, 0.1) is 16.4 Å². The standard InChI is InChI=1S/C10H15NO5S2/c1-17(12,13)11-10-6-4-9(5-7-10)3-2-8-18(14,15)16/h4-7,11H,2-3,8H2,1H3,(H,14,15,16)/p-1. The fourth-order valence-corrected chi connectivity index (χ4v) is 2.47. The van der Waals surface area contributed by atoms with Crippen LogP contribution in [0.5, 0.6) is 0 Å². The van der Waals surface area contributed by atoms with E-state index in [1.54, 1.807) is 24.3 Å². The number of sulfonamides is 1. The van der Waals surface area contributed by atoms with Gasteiger partial charge in [-0.2, -0.15) is 0 Å². The molecule has 0 heterocycles. The molecule has 1 rings (SSSR count). The highest BCUT2D eigenvalue weighted by molar-refractivity contribution is 7.92. The minimum Gasteiger partial charge on any atom is -0.748 e. The van der Waals surface area contributed by atoms with Crippen LogP contribution in [0, 0.1) is 0 Å². The van der Waals surface area contributed by atoms with Gasteiger partial charge in [-0.25, -0.2) is 16.8 Å². The monoisotopic (exact) mass is 292 g/mol. The molecule has 6 nitrogen and oxygen atoms in total. The van der Waals surface area contributed by atoms with Gasteiger partial charge in [-0.15, -0.1) is 0 Å². The molecule has 0 spiro atoms. The second-order valence-corrected chi connectivity index (χ2v) is 7.21. The molecule has 0 saturated heterocycles. The van der Waals surface area contributed by atoms with Crippen LogP contribution in [-0.4, -0.2) is 33.4 Å². The van der Waals surface area contributed by atoms with E-state index in [-0.39, 0.29) is 6.42 Å². The van der Waals surface area contributed by atoms with Crippen LogP contribution >= 0.6 is 0 Å². The predicted molar refractivity (Wildman–Crippen MR) is 67.8 cm³/mol. The van der Waals surface area contributed by atoms with Gasteiger partial charge in [-0.3, -0.25) is 4.72 Å². The molecule has 0 atom stereocenters. The van der Waals surface area contributed by atoms with Crippen molar-refractivity contribution in [1.29, 1.82) is 0 Å². The number of hydrogen-bond donors (Lipinski definition) is 1. The quantitative estimate of drug-likeness (QED) is 0.770. The first-order valence-corrected chi connectivity index (χ1v) is 8.63. The van der Waals surface area contributed by atoms with Crippen molar-refractivity contribution < 1.29 is 21.4 Å². The zero-order valence-electron chi connectivity index (χ0n) is 9.79. The Balaban J connectivity index is 2.56. The summed E-state index contributed by atoms with van der Waals surface area (Å²) in [6, 6.07) is 6.54. The molecular formula is C10H14NO5S2-. The van der Waals surface area contributed by atoms with E-state index >= 15 is 0 Å². The lowest BCUT2D eigenvalue weighted by Crippen LogP contribution is -2.09. The molecule has 0 aliphatic heterocycles. The molecule has 1 aromatic rings. The average molecular weight is 292 g/mol. The van der Waals surface area contributed by atoms with Crippen LogP contribution in [0.3, 0.4) is 0 Å². The Kier molecular flexibility index (Phi) is 4.71. The van der Waals surface area contributed by atoms with Gasteiger partial charge < -0.3 is 4.55 Å². The van der Waals surface area contributed by atoms with Crippen LogP contribution in [0.15, 0.2) is 24.3 Å². The molecule has 1 N–H and O–H groups in total. The van der Waals surface area contributed by atoms with Gasteiger partial charge in [-0.1, -0.05) is 12.1 Å². The van der Waals surface area contributed by atoms with Crippen molar-refractivity contribution in [3.63, 3.8) is 0 Å². The maximum absolute atomic E-state index is 11.0. The molecule has 0 amide bonds. The molecule has 0 saturated carbocycles. The molecule has 0 radical (unpaired) electrons. The lowest BCUT2D eigenvalue weighted by atomic mass is 10.1. The maximum Gasteiger partial charge on any atom is 0.229 e. The van der Waals surface area contributed by atoms with Gasteiger partial charge in [0.15, 0.2) is 0 Å². The topological polar surface area (TPSA) is 103 Å². The molecule has 102 valence electrons. The molecule has 8 heteroatoms. The van der Waals surface area contributed by atoms with Crippen molar-refractivity contribution in [3.8, 4) is 0 Å². The van der Waals surface area contributed by atoms with E-state index in [4.69, 9.17) is 0 Å². The third-order valence-corrected chi connectivity index (χ3v) is 3.51. The normalized spacial score (nSPS) is 12.3. The molecular weight excluding hydrogens is 278 g/mol. The zero-order chi connectivity index (χ0) is 13.8. The van der Waals surface area contributed by atoms with E-state index in [2.05, 4.69) is 4.72 Å². The zero-order valence-corrected chi connectivity index (χ0v) is 11.4. The van der Waals surface area contributed by atoms with Crippen LogP contribution < -0.4 is 4.72 Å². The summed E-state index contributed by atoms with van der Waals surface area (Å²) in [7, 11) is -7.47. The summed E-state index contributed by atoms with van der Waals surface area (Å²) < 4.78 is 55.4. The Bertz CT molecular complexity index is 590.